The lowest BCUT2D eigenvalue weighted by molar-refractivity contribution is -0.176. The SMILES string of the molecule is C[C@]12CCC(=O)C=C1CCC1C2CC[C@@]2(C)C1C1CC1[C@@]21CCC(=O)O1. The molecule has 0 bridgehead atoms. The van der Waals surface area contributed by atoms with E-state index in [4.69, 9.17) is 4.74 Å². The summed E-state index contributed by atoms with van der Waals surface area (Å²) in [7, 11) is 0. The van der Waals surface area contributed by atoms with E-state index in [1.165, 1.54) is 31.3 Å². The summed E-state index contributed by atoms with van der Waals surface area (Å²) in [6.07, 6.45) is 11.5. The summed E-state index contributed by atoms with van der Waals surface area (Å²) in [4.78, 5) is 24.1. The Hall–Kier alpha value is -1.12. The number of carbonyl (C=O) groups is 2. The fourth-order valence-electron chi connectivity index (χ4n) is 8.92. The van der Waals surface area contributed by atoms with Crippen molar-refractivity contribution < 1.29 is 14.3 Å². The van der Waals surface area contributed by atoms with E-state index >= 15 is 0 Å². The number of fused-ring (bicyclic) bond motifs is 9. The van der Waals surface area contributed by atoms with E-state index in [1.54, 1.807) is 0 Å². The van der Waals surface area contributed by atoms with Crippen molar-refractivity contribution in [3.05, 3.63) is 11.6 Å². The minimum atomic E-state index is -0.135. The normalized spacial score (nSPS) is 57.0. The quantitative estimate of drug-likeness (QED) is 0.604. The first-order chi connectivity index (χ1) is 12.4. The van der Waals surface area contributed by atoms with Gasteiger partial charge in [0, 0.05) is 24.2 Å². The monoisotopic (exact) mass is 354 g/mol. The first-order valence-electron chi connectivity index (χ1n) is 10.8. The molecule has 140 valence electrons. The molecule has 26 heavy (non-hydrogen) atoms. The van der Waals surface area contributed by atoms with Gasteiger partial charge in [0.25, 0.3) is 0 Å². The number of hydrogen-bond donors (Lipinski definition) is 0. The Labute approximate surface area is 155 Å². The van der Waals surface area contributed by atoms with Crippen LogP contribution >= 0.6 is 0 Å². The lowest BCUT2D eigenvalue weighted by atomic mass is 9.45. The molecule has 0 aromatic carbocycles. The fourth-order valence-corrected chi connectivity index (χ4v) is 8.92. The molecule has 1 aliphatic heterocycles. The van der Waals surface area contributed by atoms with Gasteiger partial charge in [-0.05, 0) is 80.1 Å². The highest BCUT2D eigenvalue weighted by molar-refractivity contribution is 5.91. The molecule has 0 amide bonds. The van der Waals surface area contributed by atoms with Gasteiger partial charge in [0.15, 0.2) is 5.78 Å². The lowest BCUT2D eigenvalue weighted by Crippen LogP contribution is -2.56. The van der Waals surface area contributed by atoms with Crippen LogP contribution in [-0.2, 0) is 14.3 Å². The zero-order valence-corrected chi connectivity index (χ0v) is 16.1. The first kappa shape index (κ1) is 15.9. The Morgan fingerprint density at radius 2 is 1.81 bits per heavy atom. The zero-order valence-electron chi connectivity index (χ0n) is 16.1. The van der Waals surface area contributed by atoms with Crippen LogP contribution in [0.15, 0.2) is 11.6 Å². The van der Waals surface area contributed by atoms with Gasteiger partial charge in [0.05, 0.1) is 0 Å². The lowest BCUT2D eigenvalue weighted by Gasteiger charge is -2.60. The largest absolute Gasteiger partial charge is 0.458 e. The van der Waals surface area contributed by atoms with E-state index in [0.717, 1.165) is 49.4 Å². The Morgan fingerprint density at radius 3 is 2.58 bits per heavy atom. The van der Waals surface area contributed by atoms with Crippen molar-refractivity contribution in [2.75, 3.05) is 0 Å². The van der Waals surface area contributed by atoms with Crippen LogP contribution in [0.1, 0.15) is 71.6 Å². The van der Waals surface area contributed by atoms with Gasteiger partial charge in [-0.3, -0.25) is 9.59 Å². The Balaban J connectivity index is 1.40. The van der Waals surface area contributed by atoms with Gasteiger partial charge in [-0.25, -0.2) is 0 Å². The summed E-state index contributed by atoms with van der Waals surface area (Å²) >= 11 is 0. The Morgan fingerprint density at radius 1 is 0.962 bits per heavy atom. The summed E-state index contributed by atoms with van der Waals surface area (Å²) in [6.45, 7) is 4.92. The third kappa shape index (κ3) is 1.63. The molecule has 6 aliphatic rings. The molecule has 3 heteroatoms. The third-order valence-electron chi connectivity index (χ3n) is 10.1. The van der Waals surface area contributed by atoms with E-state index in [0.29, 0.717) is 18.1 Å². The molecular formula is C23H30O3. The van der Waals surface area contributed by atoms with Crippen molar-refractivity contribution in [1.29, 1.82) is 0 Å². The molecule has 4 saturated carbocycles. The third-order valence-corrected chi connectivity index (χ3v) is 10.1. The van der Waals surface area contributed by atoms with E-state index in [1.807, 2.05) is 6.08 Å². The number of hydrogen-bond acceptors (Lipinski definition) is 3. The van der Waals surface area contributed by atoms with E-state index in [2.05, 4.69) is 13.8 Å². The van der Waals surface area contributed by atoms with Crippen LogP contribution < -0.4 is 0 Å². The zero-order chi connectivity index (χ0) is 17.9. The van der Waals surface area contributed by atoms with Crippen LogP contribution in [0.3, 0.4) is 0 Å². The van der Waals surface area contributed by atoms with Crippen molar-refractivity contribution >= 4 is 11.8 Å². The molecule has 3 nitrogen and oxygen atoms in total. The smallest absolute Gasteiger partial charge is 0.306 e. The molecule has 0 radical (unpaired) electrons. The highest BCUT2D eigenvalue weighted by Crippen LogP contribution is 2.79. The Kier molecular flexibility index (Phi) is 2.84. The van der Waals surface area contributed by atoms with Gasteiger partial charge in [0.1, 0.15) is 5.60 Å². The molecule has 0 aromatic heterocycles. The van der Waals surface area contributed by atoms with Crippen LogP contribution in [0.2, 0.25) is 0 Å². The molecule has 5 unspecified atom stereocenters. The minimum absolute atomic E-state index is 0.0475. The van der Waals surface area contributed by atoms with Gasteiger partial charge in [-0.15, -0.1) is 0 Å². The first-order valence-corrected chi connectivity index (χ1v) is 10.8. The van der Waals surface area contributed by atoms with Crippen LogP contribution in [0.4, 0.5) is 0 Å². The van der Waals surface area contributed by atoms with Crippen molar-refractivity contribution in [3.8, 4) is 0 Å². The predicted octanol–water partition coefficient (Wildman–Crippen LogP) is 4.45. The summed E-state index contributed by atoms with van der Waals surface area (Å²) in [5, 5.41) is 0. The van der Waals surface area contributed by atoms with Crippen molar-refractivity contribution in [1.82, 2.24) is 0 Å². The molecule has 0 aromatic rings. The van der Waals surface area contributed by atoms with Gasteiger partial charge in [-0.1, -0.05) is 19.4 Å². The number of allylic oxidation sites excluding steroid dienone is 1. The highest BCUT2D eigenvalue weighted by Gasteiger charge is 2.78. The highest BCUT2D eigenvalue weighted by atomic mass is 16.6. The van der Waals surface area contributed by atoms with Crippen LogP contribution in [0.25, 0.3) is 0 Å². The number of rotatable bonds is 0. The summed E-state index contributed by atoms with van der Waals surface area (Å²) in [6, 6.07) is 0. The number of ether oxygens (including phenoxy) is 1. The second-order valence-electron chi connectivity index (χ2n) is 10.7. The van der Waals surface area contributed by atoms with E-state index < -0.39 is 0 Å². The van der Waals surface area contributed by atoms with E-state index in [9.17, 15) is 9.59 Å². The standard InChI is InChI=1S/C23H30O3/c1-21-8-5-14(24)11-13(21)3-4-15-17(21)6-9-22(2)20(15)16-12-18(16)23(22)10-7-19(25)26-23/h11,15-18,20H,3-10,12H2,1-2H3/t15?,16?,17?,18?,20?,21-,22-,23-/m0/s1. The summed E-state index contributed by atoms with van der Waals surface area (Å²) in [5.41, 5.74) is 1.75. The van der Waals surface area contributed by atoms with Gasteiger partial charge >= 0.3 is 5.97 Å². The topological polar surface area (TPSA) is 43.4 Å². The van der Waals surface area contributed by atoms with Crippen LogP contribution in [0, 0.1) is 40.4 Å². The average Bonchev–Trinajstić information content (AvgIpc) is 3.24. The van der Waals surface area contributed by atoms with Gasteiger partial charge < -0.3 is 4.74 Å². The van der Waals surface area contributed by atoms with Gasteiger partial charge in [-0.2, -0.15) is 0 Å². The molecule has 5 fully saturated rings. The molecular weight excluding hydrogens is 324 g/mol. The maximum atomic E-state index is 12.1. The van der Waals surface area contributed by atoms with Crippen molar-refractivity contribution in [2.24, 2.45) is 40.4 Å². The molecule has 5 aliphatic carbocycles. The summed E-state index contributed by atoms with van der Waals surface area (Å²) < 4.78 is 6.17. The summed E-state index contributed by atoms with van der Waals surface area (Å²) in [5.74, 6) is 4.04. The number of carbonyl (C=O) groups excluding carboxylic acids is 2. The maximum Gasteiger partial charge on any atom is 0.306 e. The second kappa shape index (κ2) is 4.64. The van der Waals surface area contributed by atoms with Gasteiger partial charge in [0.2, 0.25) is 0 Å². The molecule has 6 rings (SSSR count). The molecule has 1 heterocycles. The number of ketones is 1. The average molecular weight is 354 g/mol. The number of esters is 1. The molecule has 1 saturated heterocycles. The van der Waals surface area contributed by atoms with Crippen LogP contribution in [-0.4, -0.2) is 17.4 Å². The maximum absolute atomic E-state index is 12.1. The minimum Gasteiger partial charge on any atom is -0.458 e. The molecule has 1 spiro atoms. The molecule has 0 N–H and O–H groups in total. The predicted molar refractivity (Wildman–Crippen MR) is 97.1 cm³/mol. The van der Waals surface area contributed by atoms with E-state index in [-0.39, 0.29) is 22.4 Å². The molecule has 8 atom stereocenters. The van der Waals surface area contributed by atoms with Crippen molar-refractivity contribution in [2.45, 2.75) is 77.2 Å². The fraction of sp³-hybridized carbons (Fsp3) is 0.826. The van der Waals surface area contributed by atoms with Crippen LogP contribution in [0.5, 0.6) is 0 Å². The van der Waals surface area contributed by atoms with Crippen molar-refractivity contribution in [3.63, 3.8) is 0 Å². The Bertz CT molecular complexity index is 753. The second-order valence-corrected chi connectivity index (χ2v) is 10.7.